The number of nitrogens with two attached hydrogens (primary N) is 1. The lowest BCUT2D eigenvalue weighted by atomic mass is 10.2. The van der Waals surface area contributed by atoms with E-state index in [9.17, 15) is 8.42 Å². The van der Waals surface area contributed by atoms with Gasteiger partial charge in [-0.3, -0.25) is 0 Å². The summed E-state index contributed by atoms with van der Waals surface area (Å²) in [4.78, 5) is 4.09. The third kappa shape index (κ3) is 3.54. The Hall–Kier alpha value is -0.920. The highest BCUT2D eigenvalue weighted by Crippen LogP contribution is 2.10. The van der Waals surface area contributed by atoms with Crippen molar-refractivity contribution < 1.29 is 8.42 Å². The van der Waals surface area contributed by atoms with Crippen LogP contribution in [0, 0.1) is 6.92 Å². The van der Waals surface area contributed by atoms with Crippen LogP contribution in [0.2, 0.25) is 0 Å². The molecule has 1 atom stereocenters. The smallest absolute Gasteiger partial charge is 0.259 e. The number of hydrogen-bond acceptors (Lipinski definition) is 4. The molecule has 0 saturated carbocycles. The van der Waals surface area contributed by atoms with Crippen molar-refractivity contribution in [3.05, 3.63) is 12.0 Å². The van der Waals surface area contributed by atoms with Crippen molar-refractivity contribution in [3.63, 3.8) is 0 Å². The van der Waals surface area contributed by atoms with Crippen LogP contribution in [0.5, 0.6) is 0 Å². The minimum absolute atomic E-state index is 0.0698. The Morgan fingerprint density at radius 2 is 2.17 bits per heavy atom. The van der Waals surface area contributed by atoms with Crippen LogP contribution in [-0.4, -0.2) is 30.6 Å². The Morgan fingerprint density at radius 3 is 2.67 bits per heavy atom. The normalized spacial score (nSPS) is 13.8. The van der Waals surface area contributed by atoms with Crippen LogP contribution in [0.1, 0.15) is 32.5 Å². The van der Waals surface area contributed by atoms with E-state index in [0.29, 0.717) is 12.2 Å². The Morgan fingerprint density at radius 1 is 1.50 bits per heavy atom. The number of imidazole rings is 1. The molecule has 1 unspecified atom stereocenters. The van der Waals surface area contributed by atoms with E-state index in [1.165, 1.54) is 0 Å². The third-order valence-electron chi connectivity index (χ3n) is 2.79. The molecule has 1 heterocycles. The second-order valence-corrected chi connectivity index (χ2v) is 5.94. The molecule has 6 nitrogen and oxygen atoms in total. The highest BCUT2D eigenvalue weighted by molar-refractivity contribution is 7.89. The number of nitrogens with zero attached hydrogens (tertiary/aromatic N) is 2. The Kier molecular flexibility index (Phi) is 5.30. The summed E-state index contributed by atoms with van der Waals surface area (Å²) in [5.74, 6) is 0.707. The molecule has 0 aromatic carbocycles. The summed E-state index contributed by atoms with van der Waals surface area (Å²) in [7, 11) is -3.57. The van der Waals surface area contributed by atoms with Crippen LogP contribution >= 0.6 is 0 Å². The molecule has 0 bridgehead atoms. The predicted molar refractivity (Wildman–Crippen MR) is 70.7 cm³/mol. The number of rotatable bonds is 7. The maximum Gasteiger partial charge on any atom is 0.259 e. The zero-order chi connectivity index (χ0) is 13.8. The van der Waals surface area contributed by atoms with E-state index in [4.69, 9.17) is 5.73 Å². The van der Waals surface area contributed by atoms with E-state index in [2.05, 4.69) is 9.71 Å². The molecule has 0 aliphatic rings. The van der Waals surface area contributed by atoms with E-state index >= 15 is 0 Å². The first kappa shape index (κ1) is 15.1. The number of sulfonamides is 1. The van der Waals surface area contributed by atoms with Gasteiger partial charge in [0.25, 0.3) is 10.0 Å². The average Bonchev–Trinajstić information content (AvgIpc) is 2.69. The van der Waals surface area contributed by atoms with Gasteiger partial charge in [-0.15, -0.1) is 0 Å². The molecule has 0 fully saturated rings. The lowest BCUT2D eigenvalue weighted by Gasteiger charge is -2.13. The fourth-order valence-corrected chi connectivity index (χ4v) is 2.99. The van der Waals surface area contributed by atoms with Crippen LogP contribution in [0.25, 0.3) is 0 Å². The van der Waals surface area contributed by atoms with Gasteiger partial charge in [-0.2, -0.15) is 0 Å². The molecule has 1 aromatic heterocycles. The van der Waals surface area contributed by atoms with Crippen molar-refractivity contribution >= 4 is 10.0 Å². The fourth-order valence-electron chi connectivity index (χ4n) is 1.65. The number of aromatic nitrogens is 2. The lowest BCUT2D eigenvalue weighted by molar-refractivity contribution is 0.540. The largest absolute Gasteiger partial charge is 0.334 e. The van der Waals surface area contributed by atoms with Crippen LogP contribution in [0.15, 0.2) is 11.2 Å². The molecule has 0 amide bonds. The van der Waals surface area contributed by atoms with Gasteiger partial charge in [-0.25, -0.2) is 18.1 Å². The monoisotopic (exact) mass is 274 g/mol. The molecule has 3 N–H and O–H groups in total. The lowest BCUT2D eigenvalue weighted by Crippen LogP contribution is -2.39. The van der Waals surface area contributed by atoms with Gasteiger partial charge in [0, 0.05) is 25.3 Å². The molecule has 0 spiro atoms. The second kappa shape index (κ2) is 6.31. The SMILES string of the molecule is CCCn1cc(S(=O)(=O)NC(CC)CN)nc1C. The van der Waals surface area contributed by atoms with Crippen molar-refractivity contribution in [2.45, 2.75) is 51.2 Å². The van der Waals surface area contributed by atoms with Gasteiger partial charge in [0.1, 0.15) is 5.82 Å². The topological polar surface area (TPSA) is 90.0 Å². The highest BCUT2D eigenvalue weighted by Gasteiger charge is 2.21. The Balaban J connectivity index is 2.94. The number of nitrogens with one attached hydrogen (secondary N) is 1. The van der Waals surface area contributed by atoms with Crippen LogP contribution in [0.3, 0.4) is 0 Å². The summed E-state index contributed by atoms with van der Waals surface area (Å²) in [6.45, 7) is 6.77. The molecule has 18 heavy (non-hydrogen) atoms. The van der Waals surface area contributed by atoms with Gasteiger partial charge in [-0.1, -0.05) is 13.8 Å². The van der Waals surface area contributed by atoms with Crippen LogP contribution < -0.4 is 10.5 Å². The molecular weight excluding hydrogens is 252 g/mol. The van der Waals surface area contributed by atoms with Crippen molar-refractivity contribution in [1.29, 1.82) is 0 Å². The van der Waals surface area contributed by atoms with Crippen molar-refractivity contribution in [2.24, 2.45) is 5.73 Å². The van der Waals surface area contributed by atoms with Crippen molar-refractivity contribution in [3.8, 4) is 0 Å². The molecule has 0 radical (unpaired) electrons. The molecule has 1 aromatic rings. The molecule has 0 aliphatic carbocycles. The minimum Gasteiger partial charge on any atom is -0.334 e. The summed E-state index contributed by atoms with van der Waals surface area (Å²) in [5, 5.41) is 0.0698. The standard InChI is InChI=1S/C11H22N4O2S/c1-4-6-15-8-11(13-9(15)3)18(16,17)14-10(5-2)7-12/h8,10,14H,4-7,12H2,1-3H3. The van der Waals surface area contributed by atoms with Gasteiger partial charge in [0.05, 0.1) is 0 Å². The van der Waals surface area contributed by atoms with Crippen molar-refractivity contribution in [1.82, 2.24) is 14.3 Å². The van der Waals surface area contributed by atoms with Gasteiger partial charge >= 0.3 is 0 Å². The van der Waals surface area contributed by atoms with E-state index in [-0.39, 0.29) is 17.6 Å². The molecular formula is C11H22N4O2S. The van der Waals surface area contributed by atoms with Crippen molar-refractivity contribution in [2.75, 3.05) is 6.54 Å². The van der Waals surface area contributed by atoms with Crippen LogP contribution in [0.4, 0.5) is 0 Å². The molecule has 0 aliphatic heterocycles. The molecule has 7 heteroatoms. The fraction of sp³-hybridized carbons (Fsp3) is 0.727. The summed E-state index contributed by atoms with van der Waals surface area (Å²) in [6, 6.07) is -0.244. The van der Waals surface area contributed by atoms with Gasteiger partial charge in [0.15, 0.2) is 5.03 Å². The number of hydrogen-bond donors (Lipinski definition) is 2. The van der Waals surface area contributed by atoms with E-state index < -0.39 is 10.0 Å². The second-order valence-electron chi connectivity index (χ2n) is 4.28. The molecule has 104 valence electrons. The quantitative estimate of drug-likeness (QED) is 0.762. The van der Waals surface area contributed by atoms with Crippen LogP contribution in [-0.2, 0) is 16.6 Å². The predicted octanol–water partition coefficient (Wildman–Crippen LogP) is 0.617. The van der Waals surface area contributed by atoms with E-state index in [0.717, 1.165) is 13.0 Å². The summed E-state index contributed by atoms with van der Waals surface area (Å²) < 4.78 is 28.6. The number of aryl methyl sites for hydroxylation is 2. The summed E-state index contributed by atoms with van der Waals surface area (Å²) in [6.07, 6.45) is 3.17. The maximum absolute atomic E-state index is 12.1. The van der Waals surface area contributed by atoms with Gasteiger partial charge < -0.3 is 10.3 Å². The molecule has 0 saturated heterocycles. The Labute approximate surface area is 109 Å². The summed E-state index contributed by atoms with van der Waals surface area (Å²) >= 11 is 0. The maximum atomic E-state index is 12.1. The third-order valence-corrected chi connectivity index (χ3v) is 4.18. The van der Waals surface area contributed by atoms with E-state index in [1.807, 2.05) is 18.4 Å². The average molecular weight is 274 g/mol. The molecule has 1 rings (SSSR count). The highest BCUT2D eigenvalue weighted by atomic mass is 32.2. The summed E-state index contributed by atoms with van der Waals surface area (Å²) in [5.41, 5.74) is 5.50. The minimum atomic E-state index is -3.57. The first-order chi connectivity index (χ1) is 8.44. The first-order valence-electron chi connectivity index (χ1n) is 6.20. The van der Waals surface area contributed by atoms with Gasteiger partial charge in [0.2, 0.25) is 0 Å². The van der Waals surface area contributed by atoms with E-state index in [1.54, 1.807) is 13.1 Å². The zero-order valence-electron chi connectivity index (χ0n) is 11.2. The van der Waals surface area contributed by atoms with Gasteiger partial charge in [-0.05, 0) is 19.8 Å². The Bertz CT molecular complexity index is 477. The first-order valence-corrected chi connectivity index (χ1v) is 7.69. The zero-order valence-corrected chi connectivity index (χ0v) is 12.0.